The number of carbonyl (C=O) groups is 1. The van der Waals surface area contributed by atoms with E-state index in [1.807, 2.05) is 30.3 Å². The van der Waals surface area contributed by atoms with Gasteiger partial charge in [0, 0.05) is 30.3 Å². The molecule has 0 bridgehead atoms. The molecule has 1 amide bonds. The molecule has 0 unspecified atom stereocenters. The topological polar surface area (TPSA) is 64.0 Å². The average molecular weight is 401 g/mol. The minimum absolute atomic E-state index is 0.102. The second-order valence-corrected chi connectivity index (χ2v) is 6.37. The molecule has 0 fully saturated rings. The van der Waals surface area contributed by atoms with Crippen molar-refractivity contribution in [2.75, 3.05) is 5.32 Å². The van der Waals surface area contributed by atoms with Crippen molar-refractivity contribution in [2.24, 2.45) is 0 Å². The Morgan fingerprint density at radius 3 is 2.31 bits per heavy atom. The van der Waals surface area contributed by atoms with Gasteiger partial charge in [0.2, 0.25) is 5.91 Å². The van der Waals surface area contributed by atoms with E-state index in [0.29, 0.717) is 12.1 Å². The van der Waals surface area contributed by atoms with Gasteiger partial charge in [-0.3, -0.25) is 9.59 Å². The maximum atomic E-state index is 12.6. The van der Waals surface area contributed by atoms with Gasteiger partial charge in [-0.25, -0.2) is 4.68 Å². The van der Waals surface area contributed by atoms with E-state index < -0.39 is 11.7 Å². The number of carbonyl (C=O) groups excluding carboxylic acids is 1. The molecule has 0 aliphatic rings. The van der Waals surface area contributed by atoms with Crippen molar-refractivity contribution in [2.45, 2.75) is 25.6 Å². The molecule has 1 aromatic heterocycles. The largest absolute Gasteiger partial charge is 0.416 e. The fourth-order valence-corrected chi connectivity index (χ4v) is 2.73. The summed E-state index contributed by atoms with van der Waals surface area (Å²) in [6.07, 6.45) is -3.96. The molecule has 0 atom stereocenters. The maximum absolute atomic E-state index is 12.6. The zero-order valence-electron chi connectivity index (χ0n) is 15.3. The van der Waals surface area contributed by atoms with Gasteiger partial charge >= 0.3 is 6.18 Å². The Balaban J connectivity index is 1.56. The summed E-state index contributed by atoms with van der Waals surface area (Å²) in [6.45, 7) is 0.250. The second-order valence-electron chi connectivity index (χ2n) is 6.37. The van der Waals surface area contributed by atoms with Crippen LogP contribution in [0.15, 0.2) is 71.5 Å². The first-order chi connectivity index (χ1) is 13.8. The van der Waals surface area contributed by atoms with Gasteiger partial charge < -0.3 is 5.32 Å². The van der Waals surface area contributed by atoms with Crippen LogP contribution in [-0.2, 0) is 17.5 Å². The molecule has 0 radical (unpaired) electrons. The van der Waals surface area contributed by atoms with Crippen LogP contribution in [-0.4, -0.2) is 15.7 Å². The summed E-state index contributed by atoms with van der Waals surface area (Å²) in [5, 5.41) is 6.87. The molecule has 5 nitrogen and oxygen atoms in total. The zero-order chi connectivity index (χ0) is 20.9. The van der Waals surface area contributed by atoms with Crippen molar-refractivity contribution in [1.82, 2.24) is 9.78 Å². The lowest BCUT2D eigenvalue weighted by molar-refractivity contribution is -0.137. The zero-order valence-corrected chi connectivity index (χ0v) is 15.3. The normalized spacial score (nSPS) is 11.3. The summed E-state index contributed by atoms with van der Waals surface area (Å²) in [4.78, 5) is 24.0. The number of halogens is 3. The lowest BCUT2D eigenvalue weighted by Gasteiger charge is -2.09. The van der Waals surface area contributed by atoms with E-state index >= 15 is 0 Å². The second kappa shape index (κ2) is 8.72. The quantitative estimate of drug-likeness (QED) is 0.668. The van der Waals surface area contributed by atoms with E-state index in [1.165, 1.54) is 22.9 Å². The summed E-state index contributed by atoms with van der Waals surface area (Å²) in [7, 11) is 0. The van der Waals surface area contributed by atoms with Crippen LogP contribution in [0, 0.1) is 0 Å². The number of nitrogens with one attached hydrogen (secondary N) is 1. The van der Waals surface area contributed by atoms with Gasteiger partial charge in [0.15, 0.2) is 0 Å². The van der Waals surface area contributed by atoms with Crippen LogP contribution in [0.5, 0.6) is 0 Å². The van der Waals surface area contributed by atoms with Crippen molar-refractivity contribution < 1.29 is 18.0 Å². The molecule has 3 aromatic rings. The van der Waals surface area contributed by atoms with E-state index in [0.717, 1.165) is 17.7 Å². The third kappa shape index (κ3) is 5.54. The lowest BCUT2D eigenvalue weighted by Crippen LogP contribution is -2.23. The molecule has 0 spiro atoms. The highest BCUT2D eigenvalue weighted by atomic mass is 19.4. The molecular weight excluding hydrogens is 383 g/mol. The Morgan fingerprint density at radius 2 is 1.66 bits per heavy atom. The monoisotopic (exact) mass is 401 g/mol. The molecule has 29 heavy (non-hydrogen) atoms. The van der Waals surface area contributed by atoms with Gasteiger partial charge in [-0.15, -0.1) is 0 Å². The van der Waals surface area contributed by atoms with Crippen LogP contribution in [0.25, 0.3) is 11.3 Å². The predicted octanol–water partition coefficient (Wildman–Crippen LogP) is 4.35. The van der Waals surface area contributed by atoms with Gasteiger partial charge in [0.05, 0.1) is 11.3 Å². The Hall–Kier alpha value is -3.42. The third-order valence-corrected chi connectivity index (χ3v) is 4.21. The van der Waals surface area contributed by atoms with Crippen molar-refractivity contribution in [3.8, 4) is 11.3 Å². The number of hydrogen-bond donors (Lipinski definition) is 1. The van der Waals surface area contributed by atoms with Crippen LogP contribution < -0.4 is 10.9 Å². The van der Waals surface area contributed by atoms with E-state index in [2.05, 4.69) is 10.4 Å². The highest BCUT2D eigenvalue weighted by Gasteiger charge is 2.29. The number of alkyl halides is 3. The van der Waals surface area contributed by atoms with Gasteiger partial charge in [-0.2, -0.15) is 18.3 Å². The van der Waals surface area contributed by atoms with Crippen molar-refractivity contribution in [1.29, 1.82) is 0 Å². The molecule has 0 aliphatic heterocycles. The first-order valence-corrected chi connectivity index (χ1v) is 8.93. The molecule has 0 saturated heterocycles. The van der Waals surface area contributed by atoms with Crippen LogP contribution in [0.2, 0.25) is 0 Å². The number of benzene rings is 2. The minimum Gasteiger partial charge on any atom is -0.326 e. The molecule has 8 heteroatoms. The smallest absolute Gasteiger partial charge is 0.326 e. The van der Waals surface area contributed by atoms with Gasteiger partial charge in [0.25, 0.3) is 5.56 Å². The van der Waals surface area contributed by atoms with Gasteiger partial charge in [0.1, 0.15) is 0 Å². The molecule has 3 rings (SSSR count). The Bertz CT molecular complexity index is 1030. The summed E-state index contributed by atoms with van der Waals surface area (Å²) >= 11 is 0. The fraction of sp³-hybridized carbons (Fsp3) is 0.190. The number of anilines is 1. The number of nitrogens with zero attached hydrogens (tertiary/aromatic N) is 2. The average Bonchev–Trinajstić information content (AvgIpc) is 2.70. The highest BCUT2D eigenvalue weighted by molar-refractivity contribution is 5.90. The van der Waals surface area contributed by atoms with Gasteiger partial charge in [-0.1, -0.05) is 30.3 Å². The van der Waals surface area contributed by atoms with Crippen molar-refractivity contribution >= 4 is 11.6 Å². The SMILES string of the molecule is O=C(CCCn1nc(-c2ccccc2)ccc1=O)Nc1ccc(C(F)(F)F)cc1. The van der Waals surface area contributed by atoms with Crippen molar-refractivity contribution in [3.05, 3.63) is 82.6 Å². The van der Waals surface area contributed by atoms with Crippen LogP contribution in [0.1, 0.15) is 18.4 Å². The number of aryl methyl sites for hydroxylation is 1. The number of aromatic nitrogens is 2. The Morgan fingerprint density at radius 1 is 0.966 bits per heavy atom. The summed E-state index contributed by atoms with van der Waals surface area (Å²) in [5.74, 6) is -0.350. The van der Waals surface area contributed by atoms with E-state index in [1.54, 1.807) is 6.07 Å². The maximum Gasteiger partial charge on any atom is 0.416 e. The molecule has 1 N–H and O–H groups in total. The van der Waals surface area contributed by atoms with Crippen molar-refractivity contribution in [3.63, 3.8) is 0 Å². The summed E-state index contributed by atoms with van der Waals surface area (Å²) in [5.41, 5.74) is 0.761. The lowest BCUT2D eigenvalue weighted by atomic mass is 10.1. The number of hydrogen-bond acceptors (Lipinski definition) is 3. The number of rotatable bonds is 6. The fourth-order valence-electron chi connectivity index (χ4n) is 2.73. The molecule has 0 aliphatic carbocycles. The van der Waals surface area contributed by atoms with Crippen LogP contribution in [0.4, 0.5) is 18.9 Å². The molecule has 0 saturated carbocycles. The van der Waals surface area contributed by atoms with Crippen LogP contribution >= 0.6 is 0 Å². The molecular formula is C21H18F3N3O2. The molecule has 2 aromatic carbocycles. The Kier molecular flexibility index (Phi) is 6.11. The molecule has 1 heterocycles. The van der Waals surface area contributed by atoms with Crippen LogP contribution in [0.3, 0.4) is 0 Å². The summed E-state index contributed by atoms with van der Waals surface area (Å²) < 4.78 is 39.0. The van der Waals surface area contributed by atoms with E-state index in [4.69, 9.17) is 0 Å². The standard InChI is InChI=1S/C21H18F3N3O2/c22-21(23,24)16-8-10-17(11-9-16)25-19(28)7-4-14-27-20(29)13-12-18(26-27)15-5-2-1-3-6-15/h1-3,5-6,8-13H,4,7,14H2,(H,25,28). The molecule has 150 valence electrons. The Labute approximate surface area is 164 Å². The highest BCUT2D eigenvalue weighted by Crippen LogP contribution is 2.29. The first-order valence-electron chi connectivity index (χ1n) is 8.93. The van der Waals surface area contributed by atoms with E-state index in [-0.39, 0.29) is 30.1 Å². The predicted molar refractivity (Wildman–Crippen MR) is 103 cm³/mol. The first kappa shape index (κ1) is 20.3. The number of amides is 1. The summed E-state index contributed by atoms with van der Waals surface area (Å²) in [6, 6.07) is 16.7. The third-order valence-electron chi connectivity index (χ3n) is 4.21. The van der Waals surface area contributed by atoms with Gasteiger partial charge in [-0.05, 0) is 36.8 Å². The minimum atomic E-state index is -4.42. The van der Waals surface area contributed by atoms with E-state index in [9.17, 15) is 22.8 Å².